The number of anilines is 4. The van der Waals surface area contributed by atoms with Crippen LogP contribution in [-0.2, 0) is 27.4 Å². The normalized spacial score (nSPS) is 18.8. The van der Waals surface area contributed by atoms with Crippen molar-refractivity contribution in [2.24, 2.45) is 0 Å². The second-order valence-corrected chi connectivity index (χ2v) is 9.25. The lowest BCUT2D eigenvalue weighted by molar-refractivity contribution is -0.137. The Bertz CT molecular complexity index is 1140. The van der Waals surface area contributed by atoms with E-state index >= 15 is 0 Å². The first kappa shape index (κ1) is 21.3. The Balaban J connectivity index is 1.60. The third-order valence-electron chi connectivity index (χ3n) is 4.93. The predicted octanol–water partition coefficient (Wildman–Crippen LogP) is 1.86. The van der Waals surface area contributed by atoms with Crippen LogP contribution in [0.15, 0.2) is 24.4 Å². The molecule has 2 aliphatic rings. The molecule has 1 aromatic heterocycles. The third-order valence-corrected chi connectivity index (χ3v) is 5.69. The number of alkyl halides is 3. The monoisotopic (exact) mass is 456 g/mol. The van der Waals surface area contributed by atoms with Gasteiger partial charge in [0.05, 0.1) is 12.7 Å². The van der Waals surface area contributed by atoms with Gasteiger partial charge in [0.15, 0.2) is 0 Å². The summed E-state index contributed by atoms with van der Waals surface area (Å²) in [4.78, 5) is 20.8. The fourth-order valence-corrected chi connectivity index (χ4v) is 4.46. The molecule has 31 heavy (non-hydrogen) atoms. The highest BCUT2D eigenvalue weighted by molar-refractivity contribution is 7.88. The van der Waals surface area contributed by atoms with Gasteiger partial charge >= 0.3 is 6.18 Å². The summed E-state index contributed by atoms with van der Waals surface area (Å²) in [5, 5.41) is 5.57. The predicted molar refractivity (Wildman–Crippen MR) is 108 cm³/mol. The first-order chi connectivity index (χ1) is 14.5. The first-order valence-electron chi connectivity index (χ1n) is 9.34. The van der Waals surface area contributed by atoms with Gasteiger partial charge in [-0.15, -0.1) is 0 Å². The van der Waals surface area contributed by atoms with Crippen LogP contribution in [0.2, 0.25) is 0 Å². The average molecular weight is 456 g/mol. The number of hydrogen-bond donors (Lipinski definition) is 3. The molecule has 0 aliphatic carbocycles. The lowest BCUT2D eigenvalue weighted by atomic mass is 10.1. The molecule has 0 spiro atoms. The van der Waals surface area contributed by atoms with Crippen molar-refractivity contribution in [1.82, 2.24) is 14.7 Å². The average Bonchev–Trinajstić information content (AvgIpc) is 3.24. The number of fused-ring (bicyclic) bond motifs is 1. The molecule has 0 unspecified atom stereocenters. The second-order valence-electron chi connectivity index (χ2n) is 7.47. The van der Waals surface area contributed by atoms with E-state index in [2.05, 4.69) is 25.3 Å². The molecule has 2 aromatic rings. The molecule has 3 N–H and O–H groups in total. The van der Waals surface area contributed by atoms with Crippen LogP contribution in [0.5, 0.6) is 0 Å². The van der Waals surface area contributed by atoms with Crippen LogP contribution in [0.1, 0.15) is 17.5 Å². The van der Waals surface area contributed by atoms with Crippen molar-refractivity contribution in [3.63, 3.8) is 0 Å². The SMILES string of the molecule is CS(=O)(=O)N[C@@H]1CCN(c2nc(Nc3ccc4c(c3)CC(=O)N4)ncc2C(F)(F)F)C1. The lowest BCUT2D eigenvalue weighted by Gasteiger charge is -2.22. The van der Waals surface area contributed by atoms with E-state index in [-0.39, 0.29) is 37.2 Å². The zero-order valence-corrected chi connectivity index (χ0v) is 17.1. The molecule has 13 heteroatoms. The number of nitrogens with zero attached hydrogens (tertiary/aromatic N) is 3. The molecule has 1 aromatic carbocycles. The number of rotatable bonds is 5. The zero-order chi connectivity index (χ0) is 22.4. The van der Waals surface area contributed by atoms with Crippen LogP contribution in [-0.4, -0.2) is 49.7 Å². The van der Waals surface area contributed by atoms with Crippen molar-refractivity contribution >= 4 is 39.1 Å². The van der Waals surface area contributed by atoms with E-state index in [1.807, 2.05) is 0 Å². The first-order valence-corrected chi connectivity index (χ1v) is 11.2. The molecular weight excluding hydrogens is 437 g/mol. The highest BCUT2D eigenvalue weighted by Gasteiger charge is 2.38. The van der Waals surface area contributed by atoms with Gasteiger partial charge in [0.25, 0.3) is 0 Å². The minimum atomic E-state index is -4.67. The van der Waals surface area contributed by atoms with Crippen LogP contribution in [0.3, 0.4) is 0 Å². The maximum absolute atomic E-state index is 13.5. The molecule has 0 bridgehead atoms. The minimum absolute atomic E-state index is 0.0419. The van der Waals surface area contributed by atoms with Crippen molar-refractivity contribution < 1.29 is 26.4 Å². The Hall–Kier alpha value is -2.93. The summed E-state index contributed by atoms with van der Waals surface area (Å²) in [6.07, 6.45) is -2.39. The standard InChI is InChI=1S/C18H19F3N6O3S/c1-31(29,30)26-12-4-5-27(9-12)16-13(18(19,20)21)8-22-17(25-16)23-11-2-3-14-10(6-11)7-15(28)24-14/h2-3,6,8,12,26H,4-5,7,9H2,1H3,(H,24,28)(H,22,23,25)/t12-/m1/s1. The number of carbonyl (C=O) groups excluding carboxylic acids is 1. The second kappa shape index (κ2) is 7.64. The Kier molecular flexibility index (Phi) is 5.25. The number of sulfonamides is 1. The van der Waals surface area contributed by atoms with E-state index in [4.69, 9.17) is 0 Å². The molecule has 3 heterocycles. The van der Waals surface area contributed by atoms with Gasteiger partial charge in [0.2, 0.25) is 21.9 Å². The van der Waals surface area contributed by atoms with Crippen molar-refractivity contribution in [1.29, 1.82) is 0 Å². The molecule has 0 radical (unpaired) electrons. The summed E-state index contributed by atoms with van der Waals surface area (Å²) < 4.78 is 65.9. The molecular formula is C18H19F3N6O3S. The van der Waals surface area contributed by atoms with Gasteiger partial charge < -0.3 is 15.5 Å². The van der Waals surface area contributed by atoms with E-state index in [0.29, 0.717) is 24.0 Å². The fraction of sp³-hybridized carbons (Fsp3) is 0.389. The molecule has 0 saturated carbocycles. The summed E-state index contributed by atoms with van der Waals surface area (Å²) in [6, 6.07) is 4.54. The zero-order valence-electron chi connectivity index (χ0n) is 16.3. The Morgan fingerprint density at radius 3 is 2.77 bits per heavy atom. The van der Waals surface area contributed by atoms with Crippen LogP contribution < -0.4 is 20.3 Å². The third kappa shape index (κ3) is 4.88. The number of carbonyl (C=O) groups is 1. The van der Waals surface area contributed by atoms with E-state index in [9.17, 15) is 26.4 Å². The van der Waals surface area contributed by atoms with E-state index in [0.717, 1.165) is 11.8 Å². The maximum Gasteiger partial charge on any atom is 0.421 e. The van der Waals surface area contributed by atoms with Crippen LogP contribution in [0.4, 0.5) is 36.3 Å². The smallest absolute Gasteiger partial charge is 0.354 e. The number of benzene rings is 1. The molecule has 1 saturated heterocycles. The summed E-state index contributed by atoms with van der Waals surface area (Å²) in [6.45, 7) is 0.262. The highest BCUT2D eigenvalue weighted by atomic mass is 32.2. The number of amides is 1. The maximum atomic E-state index is 13.5. The van der Waals surface area contributed by atoms with Crippen molar-refractivity contribution in [2.75, 3.05) is 34.9 Å². The van der Waals surface area contributed by atoms with Crippen LogP contribution in [0.25, 0.3) is 0 Å². The van der Waals surface area contributed by atoms with Crippen molar-refractivity contribution in [3.8, 4) is 0 Å². The largest absolute Gasteiger partial charge is 0.421 e. The van der Waals surface area contributed by atoms with Gasteiger partial charge in [-0.3, -0.25) is 4.79 Å². The van der Waals surface area contributed by atoms with E-state index < -0.39 is 27.8 Å². The Morgan fingerprint density at radius 2 is 2.06 bits per heavy atom. The van der Waals surface area contributed by atoms with Crippen molar-refractivity contribution in [2.45, 2.75) is 25.1 Å². The molecule has 2 aliphatic heterocycles. The summed E-state index contributed by atoms with van der Waals surface area (Å²) >= 11 is 0. The van der Waals surface area contributed by atoms with Gasteiger partial charge in [-0.05, 0) is 30.2 Å². The number of halogens is 3. The molecule has 4 rings (SSSR count). The van der Waals surface area contributed by atoms with Crippen LogP contribution >= 0.6 is 0 Å². The van der Waals surface area contributed by atoms with Gasteiger partial charge in [-0.25, -0.2) is 18.1 Å². The number of aromatic nitrogens is 2. The van der Waals surface area contributed by atoms with Gasteiger partial charge in [-0.1, -0.05) is 0 Å². The van der Waals surface area contributed by atoms with Crippen LogP contribution in [0, 0.1) is 0 Å². The number of nitrogens with one attached hydrogen (secondary N) is 3. The topological polar surface area (TPSA) is 116 Å². The van der Waals surface area contributed by atoms with Gasteiger partial charge in [-0.2, -0.15) is 18.2 Å². The van der Waals surface area contributed by atoms with Gasteiger partial charge in [0.1, 0.15) is 11.4 Å². The summed E-state index contributed by atoms with van der Waals surface area (Å²) in [7, 11) is -3.48. The summed E-state index contributed by atoms with van der Waals surface area (Å²) in [5.41, 5.74) is 0.975. The Morgan fingerprint density at radius 1 is 1.29 bits per heavy atom. The quantitative estimate of drug-likeness (QED) is 0.629. The van der Waals surface area contributed by atoms with E-state index in [1.54, 1.807) is 18.2 Å². The lowest BCUT2D eigenvalue weighted by Crippen LogP contribution is -2.36. The molecule has 1 atom stereocenters. The molecule has 9 nitrogen and oxygen atoms in total. The molecule has 1 fully saturated rings. The molecule has 166 valence electrons. The fourth-order valence-electron chi connectivity index (χ4n) is 3.66. The molecule has 1 amide bonds. The van der Waals surface area contributed by atoms with E-state index in [1.165, 1.54) is 4.90 Å². The highest BCUT2D eigenvalue weighted by Crippen LogP contribution is 2.37. The number of hydrogen-bond acceptors (Lipinski definition) is 7. The van der Waals surface area contributed by atoms with Gasteiger partial charge in [0, 0.05) is 36.7 Å². The van der Waals surface area contributed by atoms with Crippen molar-refractivity contribution in [3.05, 3.63) is 35.5 Å². The summed E-state index contributed by atoms with van der Waals surface area (Å²) in [5.74, 6) is -0.493. The Labute approximate surface area is 176 Å². The minimum Gasteiger partial charge on any atom is -0.354 e.